The Morgan fingerprint density at radius 1 is 1.55 bits per heavy atom. The van der Waals surface area contributed by atoms with Gasteiger partial charge in [-0.3, -0.25) is 4.79 Å². The van der Waals surface area contributed by atoms with E-state index in [1.165, 1.54) is 0 Å². The van der Waals surface area contributed by atoms with Gasteiger partial charge in [0.15, 0.2) is 0 Å². The van der Waals surface area contributed by atoms with Crippen LogP contribution in [0.2, 0.25) is 5.28 Å². The molecule has 2 rings (SSSR count). The first-order valence-electron chi connectivity index (χ1n) is 6.63. The van der Waals surface area contributed by atoms with E-state index in [4.69, 9.17) is 16.3 Å². The van der Waals surface area contributed by atoms with Crippen molar-refractivity contribution in [1.29, 1.82) is 0 Å². The van der Waals surface area contributed by atoms with E-state index in [-0.39, 0.29) is 17.2 Å². The Morgan fingerprint density at radius 2 is 2.30 bits per heavy atom. The first kappa shape index (κ1) is 15.0. The molecule has 1 aliphatic rings. The van der Waals surface area contributed by atoms with E-state index in [1.54, 1.807) is 0 Å². The standard InChI is InChI=1S/C13H19ClN4O2/c1-8(2)15-12(19)10-7-20-5-4-18(10)11-6-9(3)16-13(14)17-11/h6,8,10H,4-5,7H2,1-3H3,(H,15,19). The predicted molar refractivity (Wildman–Crippen MR) is 77.0 cm³/mol. The lowest BCUT2D eigenvalue weighted by molar-refractivity contribution is -0.125. The molecule has 7 heteroatoms. The number of morpholine rings is 1. The number of aryl methyl sites for hydroxylation is 1. The molecule has 1 aliphatic heterocycles. The molecule has 0 saturated carbocycles. The van der Waals surface area contributed by atoms with Crippen LogP contribution in [0.15, 0.2) is 6.07 Å². The van der Waals surface area contributed by atoms with Crippen LogP contribution in [-0.2, 0) is 9.53 Å². The second-order valence-corrected chi connectivity index (χ2v) is 5.42. The molecule has 1 amide bonds. The van der Waals surface area contributed by atoms with Gasteiger partial charge in [0.25, 0.3) is 0 Å². The summed E-state index contributed by atoms with van der Waals surface area (Å²) in [6, 6.07) is 1.52. The summed E-state index contributed by atoms with van der Waals surface area (Å²) in [5.74, 6) is 0.599. The number of carbonyl (C=O) groups excluding carboxylic acids is 1. The van der Waals surface area contributed by atoms with Crippen molar-refractivity contribution in [2.24, 2.45) is 0 Å². The number of carbonyl (C=O) groups is 1. The van der Waals surface area contributed by atoms with Crippen molar-refractivity contribution in [2.45, 2.75) is 32.9 Å². The molecule has 0 aliphatic carbocycles. The van der Waals surface area contributed by atoms with Crippen molar-refractivity contribution in [3.8, 4) is 0 Å². The van der Waals surface area contributed by atoms with Gasteiger partial charge in [0.2, 0.25) is 11.2 Å². The van der Waals surface area contributed by atoms with Crippen LogP contribution in [0, 0.1) is 6.92 Å². The van der Waals surface area contributed by atoms with Crippen LogP contribution in [0.3, 0.4) is 0 Å². The first-order valence-corrected chi connectivity index (χ1v) is 7.01. The highest BCUT2D eigenvalue weighted by Gasteiger charge is 2.31. The predicted octanol–water partition coefficient (Wildman–Crippen LogP) is 1.17. The number of amides is 1. The van der Waals surface area contributed by atoms with Crippen LogP contribution in [0.1, 0.15) is 19.5 Å². The number of nitrogens with zero attached hydrogens (tertiary/aromatic N) is 3. The fourth-order valence-corrected chi connectivity index (χ4v) is 2.36. The zero-order valence-corrected chi connectivity index (χ0v) is 12.6. The van der Waals surface area contributed by atoms with Gasteiger partial charge in [-0.1, -0.05) is 0 Å². The molecule has 1 aromatic rings. The van der Waals surface area contributed by atoms with Crippen LogP contribution in [-0.4, -0.2) is 47.7 Å². The van der Waals surface area contributed by atoms with Crippen LogP contribution >= 0.6 is 11.6 Å². The summed E-state index contributed by atoms with van der Waals surface area (Å²) in [7, 11) is 0. The highest BCUT2D eigenvalue weighted by molar-refractivity contribution is 6.28. The van der Waals surface area contributed by atoms with Crippen LogP contribution < -0.4 is 10.2 Å². The molecule has 1 aromatic heterocycles. The minimum absolute atomic E-state index is 0.0629. The number of anilines is 1. The van der Waals surface area contributed by atoms with Gasteiger partial charge in [-0.2, -0.15) is 0 Å². The number of halogens is 1. The van der Waals surface area contributed by atoms with Gasteiger partial charge in [-0.05, 0) is 32.4 Å². The quantitative estimate of drug-likeness (QED) is 0.849. The number of rotatable bonds is 3. The maximum Gasteiger partial charge on any atom is 0.245 e. The summed E-state index contributed by atoms with van der Waals surface area (Å²) in [6.45, 7) is 7.21. The van der Waals surface area contributed by atoms with E-state index in [1.807, 2.05) is 31.7 Å². The van der Waals surface area contributed by atoms with Crippen molar-refractivity contribution < 1.29 is 9.53 Å². The van der Waals surface area contributed by atoms with Crippen molar-refractivity contribution in [3.05, 3.63) is 17.0 Å². The molecule has 1 N–H and O–H groups in total. The number of hydrogen-bond donors (Lipinski definition) is 1. The Labute approximate surface area is 123 Å². The molecular formula is C13H19ClN4O2. The summed E-state index contributed by atoms with van der Waals surface area (Å²) in [6.07, 6.45) is 0. The monoisotopic (exact) mass is 298 g/mol. The smallest absolute Gasteiger partial charge is 0.245 e. The molecule has 6 nitrogen and oxygen atoms in total. The Hall–Kier alpha value is -1.40. The second-order valence-electron chi connectivity index (χ2n) is 5.08. The van der Waals surface area contributed by atoms with E-state index in [9.17, 15) is 4.79 Å². The lowest BCUT2D eigenvalue weighted by Crippen LogP contribution is -2.55. The molecule has 2 heterocycles. The number of nitrogens with one attached hydrogen (secondary N) is 1. The van der Waals surface area contributed by atoms with E-state index >= 15 is 0 Å². The molecule has 1 unspecified atom stereocenters. The van der Waals surface area contributed by atoms with Crippen molar-refractivity contribution in [1.82, 2.24) is 15.3 Å². The fourth-order valence-electron chi connectivity index (χ4n) is 2.14. The highest BCUT2D eigenvalue weighted by atomic mass is 35.5. The van der Waals surface area contributed by atoms with Crippen LogP contribution in [0.25, 0.3) is 0 Å². The van der Waals surface area contributed by atoms with Crippen LogP contribution in [0.5, 0.6) is 0 Å². The third-order valence-electron chi connectivity index (χ3n) is 2.97. The normalized spacial score (nSPS) is 19.2. The first-order chi connectivity index (χ1) is 9.47. The van der Waals surface area contributed by atoms with Crippen molar-refractivity contribution >= 4 is 23.3 Å². The van der Waals surface area contributed by atoms with Gasteiger partial charge in [-0.15, -0.1) is 0 Å². The molecule has 110 valence electrons. The summed E-state index contributed by atoms with van der Waals surface area (Å²) in [5, 5.41) is 3.09. The number of aromatic nitrogens is 2. The topological polar surface area (TPSA) is 67.3 Å². The molecule has 1 atom stereocenters. The van der Waals surface area contributed by atoms with Gasteiger partial charge < -0.3 is 15.0 Å². The minimum atomic E-state index is -0.392. The van der Waals surface area contributed by atoms with Gasteiger partial charge in [0.1, 0.15) is 11.9 Å². The summed E-state index contributed by atoms with van der Waals surface area (Å²) in [5.41, 5.74) is 0.773. The van der Waals surface area contributed by atoms with Crippen molar-refractivity contribution in [2.75, 3.05) is 24.7 Å². The van der Waals surface area contributed by atoms with Crippen molar-refractivity contribution in [3.63, 3.8) is 0 Å². The summed E-state index contributed by atoms with van der Waals surface area (Å²) >= 11 is 5.90. The summed E-state index contributed by atoms with van der Waals surface area (Å²) in [4.78, 5) is 22.4. The lowest BCUT2D eigenvalue weighted by atomic mass is 10.2. The maximum atomic E-state index is 12.3. The molecule has 0 bridgehead atoms. The molecule has 0 spiro atoms. The minimum Gasteiger partial charge on any atom is -0.377 e. The highest BCUT2D eigenvalue weighted by Crippen LogP contribution is 2.20. The maximum absolute atomic E-state index is 12.3. The number of ether oxygens (including phenoxy) is 1. The Kier molecular flexibility index (Phi) is 4.77. The molecule has 1 saturated heterocycles. The zero-order valence-electron chi connectivity index (χ0n) is 11.9. The number of hydrogen-bond acceptors (Lipinski definition) is 5. The fraction of sp³-hybridized carbons (Fsp3) is 0.615. The zero-order chi connectivity index (χ0) is 14.7. The molecule has 20 heavy (non-hydrogen) atoms. The van der Waals surface area contributed by atoms with Gasteiger partial charge >= 0.3 is 0 Å². The molecular weight excluding hydrogens is 280 g/mol. The third-order valence-corrected chi connectivity index (χ3v) is 3.14. The molecule has 1 fully saturated rings. The lowest BCUT2D eigenvalue weighted by Gasteiger charge is -2.35. The Bertz CT molecular complexity index is 475. The van der Waals surface area contributed by atoms with E-state index in [0.717, 1.165) is 5.69 Å². The van der Waals surface area contributed by atoms with E-state index in [2.05, 4.69) is 15.3 Å². The largest absolute Gasteiger partial charge is 0.377 e. The third kappa shape index (κ3) is 3.58. The second kappa shape index (κ2) is 6.37. The summed E-state index contributed by atoms with van der Waals surface area (Å²) < 4.78 is 5.42. The molecule has 0 radical (unpaired) electrons. The Balaban J connectivity index is 2.24. The van der Waals surface area contributed by atoms with Gasteiger partial charge in [-0.25, -0.2) is 9.97 Å². The van der Waals surface area contributed by atoms with E-state index < -0.39 is 6.04 Å². The Morgan fingerprint density at radius 3 is 2.95 bits per heavy atom. The van der Waals surface area contributed by atoms with Crippen LogP contribution in [0.4, 0.5) is 5.82 Å². The van der Waals surface area contributed by atoms with Gasteiger partial charge in [0.05, 0.1) is 13.2 Å². The SMILES string of the molecule is Cc1cc(N2CCOCC2C(=O)NC(C)C)nc(Cl)n1. The molecule has 0 aromatic carbocycles. The average Bonchev–Trinajstić information content (AvgIpc) is 2.36. The van der Waals surface area contributed by atoms with E-state index in [0.29, 0.717) is 25.6 Å². The average molecular weight is 299 g/mol. The van der Waals surface area contributed by atoms with Gasteiger partial charge in [0, 0.05) is 24.3 Å².